The first-order chi connectivity index (χ1) is 8.39. The minimum atomic E-state index is -3.30. The number of rotatable bonds is 7. The van der Waals surface area contributed by atoms with Gasteiger partial charge in [0.05, 0.1) is 5.75 Å². The molecule has 102 valence electrons. The zero-order valence-corrected chi connectivity index (χ0v) is 11.8. The lowest BCUT2D eigenvalue weighted by Crippen LogP contribution is -2.38. The normalized spacial score (nSPS) is 13.8. The van der Waals surface area contributed by atoms with E-state index in [1.165, 1.54) is 0 Å². The third kappa shape index (κ3) is 6.14. The van der Waals surface area contributed by atoms with Crippen molar-refractivity contribution < 1.29 is 8.42 Å². The van der Waals surface area contributed by atoms with Crippen molar-refractivity contribution in [3.63, 3.8) is 0 Å². The molecule has 0 radical (unpaired) electrons. The molecule has 3 N–H and O–H groups in total. The highest BCUT2D eigenvalue weighted by molar-refractivity contribution is 7.88. The summed E-state index contributed by atoms with van der Waals surface area (Å²) in [6, 6.07) is 8.99. The molecule has 1 atom stereocenters. The molecule has 0 bridgehead atoms. The van der Waals surface area contributed by atoms with E-state index < -0.39 is 10.0 Å². The van der Waals surface area contributed by atoms with E-state index in [9.17, 15) is 8.42 Å². The first-order valence-electron chi connectivity index (χ1n) is 6.16. The quantitative estimate of drug-likeness (QED) is 0.788. The van der Waals surface area contributed by atoms with Crippen LogP contribution in [0.1, 0.15) is 25.8 Å². The van der Waals surface area contributed by atoms with Crippen LogP contribution in [0.4, 0.5) is 0 Å². The Hall–Kier alpha value is -0.910. The molecule has 0 spiro atoms. The second-order valence-electron chi connectivity index (χ2n) is 4.98. The van der Waals surface area contributed by atoms with Crippen LogP contribution in [0.5, 0.6) is 0 Å². The second-order valence-corrected chi connectivity index (χ2v) is 6.79. The number of nitrogens with one attached hydrogen (secondary N) is 1. The van der Waals surface area contributed by atoms with Gasteiger partial charge in [0.2, 0.25) is 10.0 Å². The monoisotopic (exact) mass is 270 g/mol. The van der Waals surface area contributed by atoms with Gasteiger partial charge in [-0.15, -0.1) is 0 Å². The Bertz CT molecular complexity index is 443. The third-order valence-corrected chi connectivity index (χ3v) is 3.86. The van der Waals surface area contributed by atoms with Gasteiger partial charge in [0.1, 0.15) is 0 Å². The molecule has 0 amide bonds. The van der Waals surface area contributed by atoms with Crippen LogP contribution in [0, 0.1) is 5.92 Å². The summed E-state index contributed by atoms with van der Waals surface area (Å²) in [6.07, 6.45) is 0.813. The van der Waals surface area contributed by atoms with E-state index in [0.29, 0.717) is 12.5 Å². The molecule has 18 heavy (non-hydrogen) atoms. The van der Waals surface area contributed by atoms with Crippen molar-refractivity contribution in [2.75, 3.05) is 6.54 Å². The van der Waals surface area contributed by atoms with Crippen molar-refractivity contribution in [3.05, 3.63) is 35.9 Å². The van der Waals surface area contributed by atoms with E-state index in [0.717, 1.165) is 12.0 Å². The molecular weight excluding hydrogens is 248 g/mol. The summed E-state index contributed by atoms with van der Waals surface area (Å²) in [5.74, 6) is 0.473. The fraction of sp³-hybridized carbons (Fsp3) is 0.538. The van der Waals surface area contributed by atoms with Crippen LogP contribution in [0.25, 0.3) is 0 Å². The van der Waals surface area contributed by atoms with Gasteiger partial charge in [-0.05, 0) is 17.9 Å². The molecule has 0 saturated heterocycles. The van der Waals surface area contributed by atoms with Crippen LogP contribution in [0.3, 0.4) is 0 Å². The Morgan fingerprint density at radius 3 is 2.39 bits per heavy atom. The first kappa shape index (κ1) is 15.1. The lowest BCUT2D eigenvalue weighted by atomic mass is 10.1. The van der Waals surface area contributed by atoms with E-state index in [4.69, 9.17) is 5.73 Å². The molecule has 0 saturated carbocycles. The van der Waals surface area contributed by atoms with E-state index in [2.05, 4.69) is 18.6 Å². The highest BCUT2D eigenvalue weighted by atomic mass is 32.2. The Morgan fingerprint density at radius 1 is 1.22 bits per heavy atom. The van der Waals surface area contributed by atoms with Crippen molar-refractivity contribution in [3.8, 4) is 0 Å². The summed E-state index contributed by atoms with van der Waals surface area (Å²) in [5, 5.41) is 0. The number of hydrogen-bond acceptors (Lipinski definition) is 3. The molecule has 4 nitrogen and oxygen atoms in total. The standard InChI is InChI=1S/C13H22N2O2S/c1-11(2)8-13(14)9-15-18(16,17)10-12-6-4-3-5-7-12/h3-7,11,13,15H,8-10,14H2,1-2H3/t13-/m0/s1. The fourth-order valence-electron chi connectivity index (χ4n) is 1.77. The number of hydrogen-bond donors (Lipinski definition) is 2. The molecule has 0 aliphatic carbocycles. The van der Waals surface area contributed by atoms with Gasteiger partial charge >= 0.3 is 0 Å². The van der Waals surface area contributed by atoms with Crippen LogP contribution in [0.2, 0.25) is 0 Å². The van der Waals surface area contributed by atoms with Crippen LogP contribution in [-0.4, -0.2) is 21.0 Å². The largest absolute Gasteiger partial charge is 0.327 e. The van der Waals surface area contributed by atoms with Gasteiger partial charge in [-0.3, -0.25) is 0 Å². The molecule has 0 aromatic heterocycles. The second kappa shape index (κ2) is 6.87. The van der Waals surface area contributed by atoms with E-state index in [1.54, 1.807) is 12.1 Å². The van der Waals surface area contributed by atoms with Crippen molar-refractivity contribution in [2.45, 2.75) is 32.1 Å². The molecule has 0 heterocycles. The molecule has 0 aliphatic rings. The third-order valence-electron chi connectivity index (χ3n) is 2.54. The summed E-state index contributed by atoms with van der Waals surface area (Å²) >= 11 is 0. The smallest absolute Gasteiger partial charge is 0.215 e. The summed E-state index contributed by atoms with van der Waals surface area (Å²) in [5.41, 5.74) is 6.63. The maximum atomic E-state index is 11.8. The highest BCUT2D eigenvalue weighted by Gasteiger charge is 2.13. The molecule has 5 heteroatoms. The Balaban J connectivity index is 2.46. The van der Waals surface area contributed by atoms with Gasteiger partial charge < -0.3 is 5.73 Å². The van der Waals surface area contributed by atoms with E-state index in [-0.39, 0.29) is 11.8 Å². The van der Waals surface area contributed by atoms with Crippen molar-refractivity contribution >= 4 is 10.0 Å². The highest BCUT2D eigenvalue weighted by Crippen LogP contribution is 2.05. The maximum Gasteiger partial charge on any atom is 0.215 e. The van der Waals surface area contributed by atoms with Gasteiger partial charge in [-0.1, -0.05) is 44.2 Å². The molecule has 0 fully saturated rings. The zero-order valence-electron chi connectivity index (χ0n) is 11.0. The van der Waals surface area contributed by atoms with Crippen molar-refractivity contribution in [2.24, 2.45) is 11.7 Å². The van der Waals surface area contributed by atoms with E-state index >= 15 is 0 Å². The predicted octanol–water partition coefficient (Wildman–Crippen LogP) is 1.48. The molecule has 1 aromatic carbocycles. The van der Waals surface area contributed by atoms with Crippen molar-refractivity contribution in [1.29, 1.82) is 0 Å². The van der Waals surface area contributed by atoms with E-state index in [1.807, 2.05) is 18.2 Å². The van der Waals surface area contributed by atoms with Gasteiger partial charge in [-0.2, -0.15) is 0 Å². The number of benzene rings is 1. The molecule has 1 rings (SSSR count). The van der Waals surface area contributed by atoms with Crippen molar-refractivity contribution in [1.82, 2.24) is 4.72 Å². The van der Waals surface area contributed by atoms with Crippen LogP contribution in [-0.2, 0) is 15.8 Å². The summed E-state index contributed by atoms with van der Waals surface area (Å²) < 4.78 is 26.2. The van der Waals surface area contributed by atoms with Gasteiger partial charge in [0.15, 0.2) is 0 Å². The zero-order chi connectivity index (χ0) is 13.6. The maximum absolute atomic E-state index is 11.8. The minimum Gasteiger partial charge on any atom is -0.327 e. The molecular formula is C13H22N2O2S. The Morgan fingerprint density at radius 2 is 1.83 bits per heavy atom. The molecule has 0 unspecified atom stereocenters. The number of nitrogens with two attached hydrogens (primary N) is 1. The molecule has 1 aromatic rings. The van der Waals surface area contributed by atoms with Crippen LogP contribution < -0.4 is 10.5 Å². The van der Waals surface area contributed by atoms with Gasteiger partial charge in [-0.25, -0.2) is 13.1 Å². The van der Waals surface area contributed by atoms with Crippen LogP contribution in [0.15, 0.2) is 30.3 Å². The van der Waals surface area contributed by atoms with Crippen LogP contribution >= 0.6 is 0 Å². The Labute approximate surface area is 110 Å². The molecule has 0 aliphatic heterocycles. The number of sulfonamides is 1. The average molecular weight is 270 g/mol. The first-order valence-corrected chi connectivity index (χ1v) is 7.81. The lowest BCUT2D eigenvalue weighted by molar-refractivity contribution is 0.485. The fourth-order valence-corrected chi connectivity index (χ4v) is 2.97. The average Bonchev–Trinajstić information content (AvgIpc) is 2.26. The topological polar surface area (TPSA) is 72.2 Å². The van der Waals surface area contributed by atoms with Gasteiger partial charge in [0.25, 0.3) is 0 Å². The predicted molar refractivity (Wildman–Crippen MR) is 74.5 cm³/mol. The summed E-state index contributed by atoms with van der Waals surface area (Å²) in [7, 11) is -3.30. The Kier molecular flexibility index (Phi) is 5.78. The van der Waals surface area contributed by atoms with Gasteiger partial charge in [0, 0.05) is 12.6 Å². The summed E-state index contributed by atoms with van der Waals surface area (Å²) in [6.45, 7) is 4.43. The summed E-state index contributed by atoms with van der Waals surface area (Å²) in [4.78, 5) is 0. The SMILES string of the molecule is CC(C)C[C@H](N)CNS(=O)(=O)Cc1ccccc1. The lowest BCUT2D eigenvalue weighted by Gasteiger charge is -2.15. The minimum absolute atomic E-state index is 0.00222.